The number of rotatable bonds is 6. The van der Waals surface area contributed by atoms with Crippen LogP contribution in [-0.2, 0) is 0 Å². The van der Waals surface area contributed by atoms with Crippen molar-refractivity contribution < 1.29 is 24.2 Å². The first-order valence-corrected chi connectivity index (χ1v) is 9.36. The Bertz CT molecular complexity index is 1120. The summed E-state index contributed by atoms with van der Waals surface area (Å²) in [7, 11) is 1.52. The number of carboxylic acid groups (broad SMARTS) is 1. The lowest BCUT2D eigenvalue weighted by Crippen LogP contribution is -2.14. The van der Waals surface area contributed by atoms with Crippen molar-refractivity contribution in [2.75, 3.05) is 12.4 Å². The van der Waals surface area contributed by atoms with Crippen molar-refractivity contribution in [2.45, 2.75) is 6.92 Å². The Labute approximate surface area is 182 Å². The SMILES string of the molecule is COc1ccc(Oc2cc(Cl)c(C)cc2C(=O)Nc2ccc(C(=O)O)nc2)c(Cl)c1. The van der Waals surface area contributed by atoms with Crippen LogP contribution < -0.4 is 14.8 Å². The Balaban J connectivity index is 1.91. The first kappa shape index (κ1) is 21.4. The van der Waals surface area contributed by atoms with Crippen molar-refractivity contribution >= 4 is 40.8 Å². The summed E-state index contributed by atoms with van der Waals surface area (Å²) in [6, 6.07) is 10.7. The van der Waals surface area contributed by atoms with Gasteiger partial charge in [-0.1, -0.05) is 23.2 Å². The van der Waals surface area contributed by atoms with E-state index in [0.717, 1.165) is 0 Å². The number of carboxylic acids is 1. The monoisotopic (exact) mass is 446 g/mol. The molecular formula is C21H16Cl2N2O5. The third-order valence-electron chi connectivity index (χ3n) is 4.10. The summed E-state index contributed by atoms with van der Waals surface area (Å²) in [6.07, 6.45) is 1.25. The number of halogens is 2. The standard InChI is InChI=1S/C21H16Cl2N2O5/c1-11-7-14(20(26)25-12-3-5-17(21(27)28)24-10-12)19(9-15(11)22)30-18-6-4-13(29-2)8-16(18)23/h3-10H,1-2H3,(H,25,26)(H,27,28). The lowest BCUT2D eigenvalue weighted by atomic mass is 10.1. The van der Waals surface area contributed by atoms with Crippen LogP contribution in [0.5, 0.6) is 17.2 Å². The molecule has 2 aromatic carbocycles. The fraction of sp³-hybridized carbons (Fsp3) is 0.0952. The van der Waals surface area contributed by atoms with E-state index >= 15 is 0 Å². The summed E-state index contributed by atoms with van der Waals surface area (Å²) in [5, 5.41) is 12.3. The van der Waals surface area contributed by atoms with Crippen LogP contribution in [0.15, 0.2) is 48.7 Å². The molecule has 1 heterocycles. The Morgan fingerprint density at radius 1 is 1.03 bits per heavy atom. The summed E-state index contributed by atoms with van der Waals surface area (Å²) in [5.41, 5.74) is 1.08. The molecule has 0 fully saturated rings. The van der Waals surface area contributed by atoms with Crippen LogP contribution >= 0.6 is 23.2 Å². The summed E-state index contributed by atoms with van der Waals surface area (Å²) in [4.78, 5) is 27.6. The lowest BCUT2D eigenvalue weighted by molar-refractivity contribution is 0.0690. The molecule has 0 aliphatic carbocycles. The van der Waals surface area contributed by atoms with Crippen LogP contribution in [0.2, 0.25) is 10.0 Å². The Morgan fingerprint density at radius 3 is 2.40 bits per heavy atom. The number of hydrogen-bond donors (Lipinski definition) is 2. The molecule has 0 saturated heterocycles. The van der Waals surface area contributed by atoms with Gasteiger partial charge in [0.15, 0.2) is 0 Å². The van der Waals surface area contributed by atoms with Gasteiger partial charge >= 0.3 is 5.97 Å². The first-order valence-electron chi connectivity index (χ1n) is 8.60. The number of aromatic nitrogens is 1. The first-order chi connectivity index (χ1) is 14.3. The van der Waals surface area contributed by atoms with Gasteiger partial charge in [-0.05, 0) is 42.8 Å². The van der Waals surface area contributed by atoms with Crippen molar-refractivity contribution in [1.82, 2.24) is 4.98 Å². The predicted molar refractivity (Wildman–Crippen MR) is 113 cm³/mol. The molecule has 0 saturated carbocycles. The number of hydrogen-bond acceptors (Lipinski definition) is 5. The van der Waals surface area contributed by atoms with Gasteiger partial charge in [-0.2, -0.15) is 0 Å². The van der Waals surface area contributed by atoms with Gasteiger partial charge in [0.25, 0.3) is 5.91 Å². The second kappa shape index (κ2) is 9.02. The van der Waals surface area contributed by atoms with Gasteiger partial charge in [0.1, 0.15) is 22.9 Å². The molecule has 7 nitrogen and oxygen atoms in total. The molecule has 3 aromatic rings. The smallest absolute Gasteiger partial charge is 0.354 e. The van der Waals surface area contributed by atoms with Gasteiger partial charge in [-0.3, -0.25) is 4.79 Å². The van der Waals surface area contributed by atoms with E-state index in [9.17, 15) is 9.59 Å². The number of ether oxygens (including phenoxy) is 2. The number of methoxy groups -OCH3 is 1. The summed E-state index contributed by atoms with van der Waals surface area (Å²) in [6.45, 7) is 1.76. The van der Waals surface area contributed by atoms with Gasteiger partial charge in [-0.15, -0.1) is 0 Å². The molecule has 0 bridgehead atoms. The number of nitrogens with one attached hydrogen (secondary N) is 1. The van der Waals surface area contributed by atoms with Crippen molar-refractivity contribution in [3.05, 3.63) is 75.5 Å². The van der Waals surface area contributed by atoms with E-state index in [1.165, 1.54) is 31.5 Å². The molecule has 0 aliphatic heterocycles. The lowest BCUT2D eigenvalue weighted by Gasteiger charge is -2.15. The maximum absolute atomic E-state index is 12.9. The van der Waals surface area contributed by atoms with Crippen LogP contribution in [0, 0.1) is 6.92 Å². The number of amides is 1. The molecule has 0 atom stereocenters. The molecule has 0 spiro atoms. The van der Waals surface area contributed by atoms with Crippen LogP contribution in [0.4, 0.5) is 5.69 Å². The average Bonchev–Trinajstić information content (AvgIpc) is 2.72. The summed E-state index contributed by atoms with van der Waals surface area (Å²) < 4.78 is 11.0. The zero-order valence-electron chi connectivity index (χ0n) is 15.9. The Hall–Kier alpha value is -3.29. The summed E-state index contributed by atoms with van der Waals surface area (Å²) in [5.74, 6) is -0.568. The zero-order valence-corrected chi connectivity index (χ0v) is 17.4. The van der Waals surface area contributed by atoms with E-state index in [4.69, 9.17) is 37.8 Å². The minimum Gasteiger partial charge on any atom is -0.497 e. The molecule has 2 N–H and O–H groups in total. The minimum atomic E-state index is -1.16. The number of aryl methyl sites for hydroxylation is 1. The molecule has 30 heavy (non-hydrogen) atoms. The van der Waals surface area contributed by atoms with Crippen molar-refractivity contribution in [2.24, 2.45) is 0 Å². The maximum atomic E-state index is 12.9. The normalized spacial score (nSPS) is 10.4. The second-order valence-electron chi connectivity index (χ2n) is 6.19. The van der Waals surface area contributed by atoms with Gasteiger partial charge < -0.3 is 19.9 Å². The minimum absolute atomic E-state index is 0.131. The van der Waals surface area contributed by atoms with Gasteiger partial charge in [-0.25, -0.2) is 9.78 Å². The Kier molecular flexibility index (Phi) is 6.44. The van der Waals surface area contributed by atoms with Gasteiger partial charge in [0.05, 0.1) is 29.6 Å². The van der Waals surface area contributed by atoms with Gasteiger partial charge in [0.2, 0.25) is 0 Å². The predicted octanol–water partition coefficient (Wildman–Crippen LogP) is 5.45. The quantitative estimate of drug-likeness (QED) is 0.522. The fourth-order valence-corrected chi connectivity index (χ4v) is 2.89. The molecule has 0 radical (unpaired) electrons. The second-order valence-corrected chi connectivity index (χ2v) is 7.00. The van der Waals surface area contributed by atoms with E-state index in [-0.39, 0.29) is 17.0 Å². The largest absolute Gasteiger partial charge is 0.497 e. The van der Waals surface area contributed by atoms with Crippen LogP contribution in [-0.4, -0.2) is 29.1 Å². The topological polar surface area (TPSA) is 97.8 Å². The number of aromatic carboxylic acids is 1. The highest BCUT2D eigenvalue weighted by molar-refractivity contribution is 6.32. The number of pyridine rings is 1. The fourth-order valence-electron chi connectivity index (χ4n) is 2.53. The Morgan fingerprint density at radius 2 is 1.80 bits per heavy atom. The maximum Gasteiger partial charge on any atom is 0.354 e. The summed E-state index contributed by atoms with van der Waals surface area (Å²) >= 11 is 12.5. The number of benzene rings is 2. The molecular weight excluding hydrogens is 431 g/mol. The molecule has 0 unspecified atom stereocenters. The number of carbonyl (C=O) groups is 2. The van der Waals surface area contributed by atoms with Crippen LogP contribution in [0.25, 0.3) is 0 Å². The molecule has 154 valence electrons. The molecule has 1 aromatic heterocycles. The third kappa shape index (κ3) is 4.82. The van der Waals surface area contributed by atoms with E-state index in [2.05, 4.69) is 10.3 Å². The van der Waals surface area contributed by atoms with Crippen molar-refractivity contribution in [3.63, 3.8) is 0 Å². The van der Waals surface area contributed by atoms with E-state index in [0.29, 0.717) is 32.8 Å². The number of anilines is 1. The average molecular weight is 447 g/mol. The molecule has 3 rings (SSSR count). The van der Waals surface area contributed by atoms with Gasteiger partial charge in [0, 0.05) is 17.2 Å². The van der Waals surface area contributed by atoms with E-state index in [1.54, 1.807) is 31.2 Å². The highest BCUT2D eigenvalue weighted by Crippen LogP contribution is 2.36. The molecule has 9 heteroatoms. The highest BCUT2D eigenvalue weighted by atomic mass is 35.5. The molecule has 0 aliphatic rings. The van der Waals surface area contributed by atoms with Crippen molar-refractivity contribution in [1.29, 1.82) is 0 Å². The van der Waals surface area contributed by atoms with Crippen LogP contribution in [0.3, 0.4) is 0 Å². The molecule has 1 amide bonds. The highest BCUT2D eigenvalue weighted by Gasteiger charge is 2.18. The van der Waals surface area contributed by atoms with Crippen LogP contribution in [0.1, 0.15) is 26.4 Å². The van der Waals surface area contributed by atoms with E-state index < -0.39 is 11.9 Å². The van der Waals surface area contributed by atoms with E-state index in [1.807, 2.05) is 0 Å². The number of nitrogens with zero attached hydrogens (tertiary/aromatic N) is 1. The zero-order chi connectivity index (χ0) is 21.8. The number of carbonyl (C=O) groups excluding carboxylic acids is 1. The third-order valence-corrected chi connectivity index (χ3v) is 4.81. The van der Waals surface area contributed by atoms with Crippen molar-refractivity contribution in [3.8, 4) is 17.2 Å².